The van der Waals surface area contributed by atoms with Crippen LogP contribution in [-0.2, 0) is 23.9 Å². The summed E-state index contributed by atoms with van der Waals surface area (Å²) < 4.78 is 44.0. The second-order valence-corrected chi connectivity index (χ2v) is 6.62. The van der Waals surface area contributed by atoms with Crippen molar-refractivity contribution >= 4 is 11.6 Å². The first kappa shape index (κ1) is 20.2. The summed E-state index contributed by atoms with van der Waals surface area (Å²) >= 11 is 0. The normalized spacial score (nSPS) is 15.2. The number of piperazine rings is 1. The first-order valence-electron chi connectivity index (χ1n) is 9.11. The molecule has 9 heteroatoms. The van der Waals surface area contributed by atoms with Gasteiger partial charge in [-0.25, -0.2) is 4.98 Å². The van der Waals surface area contributed by atoms with E-state index in [0.29, 0.717) is 55.5 Å². The summed E-state index contributed by atoms with van der Waals surface area (Å²) in [5.74, 6) is 0.470. The van der Waals surface area contributed by atoms with E-state index in [0.717, 1.165) is 6.07 Å². The fourth-order valence-electron chi connectivity index (χ4n) is 3.36. The highest BCUT2D eigenvalue weighted by Crippen LogP contribution is 2.32. The number of benzene rings is 1. The largest absolute Gasteiger partial charge is 0.416 e. The Morgan fingerprint density at radius 2 is 1.86 bits per heavy atom. The van der Waals surface area contributed by atoms with Crippen LogP contribution in [0.1, 0.15) is 23.7 Å². The average Bonchev–Trinajstić information content (AvgIpc) is 2.68. The fourth-order valence-corrected chi connectivity index (χ4v) is 3.36. The first-order valence-corrected chi connectivity index (χ1v) is 9.11. The molecule has 1 aromatic heterocycles. The van der Waals surface area contributed by atoms with Crippen LogP contribution in [0, 0.1) is 0 Å². The molecule has 3 rings (SSSR count). The summed E-state index contributed by atoms with van der Waals surface area (Å²) in [7, 11) is 1.55. The molecule has 0 saturated carbocycles. The summed E-state index contributed by atoms with van der Waals surface area (Å²) in [6, 6.07) is 5.34. The molecule has 0 atom stereocenters. The summed E-state index contributed by atoms with van der Waals surface area (Å²) in [6.45, 7) is 4.28. The molecule has 28 heavy (non-hydrogen) atoms. The Bertz CT molecular complexity index is 874. The van der Waals surface area contributed by atoms with Crippen molar-refractivity contribution in [1.82, 2.24) is 9.97 Å². The van der Waals surface area contributed by atoms with Gasteiger partial charge >= 0.3 is 6.18 Å². The van der Waals surface area contributed by atoms with Crippen LogP contribution in [0.25, 0.3) is 0 Å². The van der Waals surface area contributed by atoms with E-state index in [9.17, 15) is 18.0 Å². The number of aromatic nitrogens is 2. The zero-order valence-electron chi connectivity index (χ0n) is 15.8. The first-order chi connectivity index (χ1) is 13.3. The number of anilines is 2. The smallest absolute Gasteiger partial charge is 0.378 e. The van der Waals surface area contributed by atoms with Crippen molar-refractivity contribution in [3.63, 3.8) is 0 Å². The van der Waals surface area contributed by atoms with Crippen molar-refractivity contribution in [3.05, 3.63) is 51.4 Å². The van der Waals surface area contributed by atoms with E-state index in [1.54, 1.807) is 13.2 Å². The molecule has 0 aliphatic carbocycles. The van der Waals surface area contributed by atoms with E-state index in [2.05, 4.69) is 9.97 Å². The van der Waals surface area contributed by atoms with Crippen LogP contribution in [-0.4, -0.2) is 43.3 Å². The van der Waals surface area contributed by atoms with Gasteiger partial charge in [-0.05, 0) is 24.6 Å². The third-order valence-corrected chi connectivity index (χ3v) is 4.84. The van der Waals surface area contributed by atoms with E-state index >= 15 is 0 Å². The zero-order valence-corrected chi connectivity index (χ0v) is 15.8. The Kier molecular flexibility index (Phi) is 5.93. The number of hydrogen-bond donors (Lipinski definition) is 1. The number of ether oxygens (including phenoxy) is 1. The second kappa shape index (κ2) is 8.22. The number of methoxy groups -OCH3 is 1. The van der Waals surface area contributed by atoms with Gasteiger partial charge in [0.15, 0.2) is 0 Å². The van der Waals surface area contributed by atoms with Gasteiger partial charge in [-0.3, -0.25) is 9.78 Å². The molecule has 0 unspecified atom stereocenters. The summed E-state index contributed by atoms with van der Waals surface area (Å²) in [5, 5.41) is 0. The Balaban J connectivity index is 1.75. The van der Waals surface area contributed by atoms with E-state index in [-0.39, 0.29) is 12.2 Å². The molecular weight excluding hydrogens is 373 g/mol. The molecule has 1 N–H and O–H groups in total. The molecule has 0 bridgehead atoms. The lowest BCUT2D eigenvalue weighted by Crippen LogP contribution is -2.47. The summed E-state index contributed by atoms with van der Waals surface area (Å²) in [4.78, 5) is 23.5. The maximum Gasteiger partial charge on any atom is 0.416 e. The lowest BCUT2D eigenvalue weighted by Gasteiger charge is -2.36. The monoisotopic (exact) mass is 396 g/mol. The van der Waals surface area contributed by atoms with Gasteiger partial charge in [-0.2, -0.15) is 13.2 Å². The molecule has 152 valence electrons. The average molecular weight is 396 g/mol. The minimum atomic E-state index is -4.36. The minimum absolute atomic E-state index is 0.181. The molecular formula is C19H23F3N4O2. The number of nitrogens with one attached hydrogen (secondary N) is 1. The maximum absolute atomic E-state index is 12.9. The van der Waals surface area contributed by atoms with Gasteiger partial charge in [0.2, 0.25) is 5.95 Å². The van der Waals surface area contributed by atoms with Gasteiger partial charge in [-0.15, -0.1) is 0 Å². The van der Waals surface area contributed by atoms with Crippen molar-refractivity contribution < 1.29 is 17.9 Å². The van der Waals surface area contributed by atoms with E-state index in [1.807, 2.05) is 16.7 Å². The molecule has 0 amide bonds. The van der Waals surface area contributed by atoms with Gasteiger partial charge in [0, 0.05) is 44.5 Å². The molecule has 1 aliphatic rings. The lowest BCUT2D eigenvalue weighted by atomic mass is 10.1. The van der Waals surface area contributed by atoms with Crippen LogP contribution < -0.4 is 15.4 Å². The molecule has 1 aromatic carbocycles. The second-order valence-electron chi connectivity index (χ2n) is 6.62. The number of aromatic amines is 1. The van der Waals surface area contributed by atoms with Crippen molar-refractivity contribution in [2.45, 2.75) is 26.1 Å². The summed E-state index contributed by atoms with van der Waals surface area (Å²) in [5.41, 5.74) is 0.923. The number of rotatable bonds is 5. The van der Waals surface area contributed by atoms with Crippen LogP contribution in [0.3, 0.4) is 0 Å². The van der Waals surface area contributed by atoms with Crippen LogP contribution >= 0.6 is 0 Å². The Labute approximate surface area is 160 Å². The highest BCUT2D eigenvalue weighted by Gasteiger charge is 2.31. The van der Waals surface area contributed by atoms with E-state index in [4.69, 9.17) is 4.74 Å². The maximum atomic E-state index is 12.9. The van der Waals surface area contributed by atoms with Crippen molar-refractivity contribution in [2.24, 2.45) is 0 Å². The van der Waals surface area contributed by atoms with Gasteiger partial charge in [0.25, 0.3) is 5.56 Å². The van der Waals surface area contributed by atoms with Crippen molar-refractivity contribution in [3.8, 4) is 0 Å². The Morgan fingerprint density at radius 3 is 2.46 bits per heavy atom. The molecule has 1 saturated heterocycles. The predicted molar refractivity (Wildman–Crippen MR) is 101 cm³/mol. The van der Waals surface area contributed by atoms with E-state index in [1.165, 1.54) is 12.1 Å². The highest BCUT2D eigenvalue weighted by molar-refractivity contribution is 5.51. The Hall–Kier alpha value is -2.55. The van der Waals surface area contributed by atoms with Gasteiger partial charge in [-0.1, -0.05) is 13.0 Å². The fraction of sp³-hybridized carbons (Fsp3) is 0.474. The molecule has 6 nitrogen and oxygen atoms in total. The molecule has 2 heterocycles. The highest BCUT2D eigenvalue weighted by atomic mass is 19.4. The number of H-pyrrole nitrogens is 1. The molecule has 1 fully saturated rings. The van der Waals surface area contributed by atoms with Crippen LogP contribution in [0.15, 0.2) is 29.1 Å². The zero-order chi connectivity index (χ0) is 20.3. The van der Waals surface area contributed by atoms with Crippen LogP contribution in [0.2, 0.25) is 0 Å². The SMILES string of the molecule is CCc1c(COC)nc(N2CCN(c3cccc(C(F)(F)F)c3)CC2)[nH]c1=O. The number of hydrogen-bond acceptors (Lipinski definition) is 5. The predicted octanol–water partition coefficient (Wildman–Crippen LogP) is 2.82. The lowest BCUT2D eigenvalue weighted by molar-refractivity contribution is -0.137. The molecule has 2 aromatic rings. The topological polar surface area (TPSA) is 61.5 Å². The molecule has 0 spiro atoms. The number of alkyl halides is 3. The van der Waals surface area contributed by atoms with Gasteiger partial charge in [0.1, 0.15) is 0 Å². The minimum Gasteiger partial charge on any atom is -0.378 e. The van der Waals surface area contributed by atoms with Crippen molar-refractivity contribution in [1.29, 1.82) is 0 Å². The quantitative estimate of drug-likeness (QED) is 0.842. The van der Waals surface area contributed by atoms with Gasteiger partial charge in [0.05, 0.1) is 17.9 Å². The van der Waals surface area contributed by atoms with Crippen LogP contribution in [0.4, 0.5) is 24.8 Å². The number of halogens is 3. The molecule has 0 radical (unpaired) electrons. The van der Waals surface area contributed by atoms with Crippen LogP contribution in [0.5, 0.6) is 0 Å². The summed E-state index contributed by atoms with van der Waals surface area (Å²) in [6.07, 6.45) is -3.80. The Morgan fingerprint density at radius 1 is 1.18 bits per heavy atom. The molecule has 1 aliphatic heterocycles. The third kappa shape index (κ3) is 4.30. The van der Waals surface area contributed by atoms with E-state index < -0.39 is 11.7 Å². The van der Waals surface area contributed by atoms with Crippen molar-refractivity contribution in [2.75, 3.05) is 43.1 Å². The third-order valence-electron chi connectivity index (χ3n) is 4.84. The standard InChI is InChI=1S/C19H23F3N4O2/c1-3-15-16(12-28-2)23-18(24-17(15)27)26-9-7-25(8-10-26)14-6-4-5-13(11-14)19(20,21)22/h4-6,11H,3,7-10,12H2,1-2H3,(H,23,24,27). The number of nitrogens with zero attached hydrogens (tertiary/aromatic N) is 3. The van der Waals surface area contributed by atoms with Gasteiger partial charge < -0.3 is 14.5 Å².